The number of rotatable bonds is 15. The fourth-order valence-corrected chi connectivity index (χ4v) is 3.90. The van der Waals surface area contributed by atoms with E-state index in [9.17, 15) is 24.1 Å². The molecule has 216 valence electrons. The molecule has 0 spiro atoms. The van der Waals surface area contributed by atoms with Crippen LogP contribution in [0.4, 0.5) is 0 Å². The van der Waals surface area contributed by atoms with Crippen molar-refractivity contribution >= 4 is 31.1 Å². The highest BCUT2D eigenvalue weighted by Crippen LogP contribution is 2.36. The Morgan fingerprint density at radius 1 is 1.20 bits per heavy atom. The number of carbonyl (C=O) groups excluding carboxylic acids is 3. The van der Waals surface area contributed by atoms with Gasteiger partial charge in [-0.05, 0) is 31.4 Å². The average molecular weight is 576 g/mol. The number of phosphoric acid groups is 1. The van der Waals surface area contributed by atoms with Gasteiger partial charge < -0.3 is 24.9 Å². The SMILES string of the molecule is C=C(/C=C\C(=C/C)c1ccccc1)C[C@H](C[C@@H](O)C(=O)OCC)NC(=O)c1cc(C(C)=O)nn1COP(=O)(O)O. The number of aliphatic hydroxyl groups excluding tert-OH is 1. The summed E-state index contributed by atoms with van der Waals surface area (Å²) in [6.07, 6.45) is 3.89. The lowest BCUT2D eigenvalue weighted by Gasteiger charge is -2.21. The Balaban J connectivity index is 2.28. The molecule has 0 aliphatic rings. The van der Waals surface area contributed by atoms with E-state index < -0.39 is 44.4 Å². The summed E-state index contributed by atoms with van der Waals surface area (Å²) in [4.78, 5) is 55.2. The molecule has 0 fully saturated rings. The molecule has 0 radical (unpaired) electrons. The highest BCUT2D eigenvalue weighted by atomic mass is 31.2. The highest BCUT2D eigenvalue weighted by molar-refractivity contribution is 7.46. The number of aromatic nitrogens is 2. The number of phosphoric ester groups is 1. The number of ether oxygens (including phenoxy) is 1. The van der Waals surface area contributed by atoms with Crippen molar-refractivity contribution in [2.45, 2.75) is 52.5 Å². The minimum absolute atomic E-state index is 0.0561. The zero-order valence-corrected chi connectivity index (χ0v) is 23.4. The first-order chi connectivity index (χ1) is 18.8. The van der Waals surface area contributed by atoms with Gasteiger partial charge in [0, 0.05) is 25.5 Å². The van der Waals surface area contributed by atoms with Gasteiger partial charge in [-0.25, -0.2) is 14.0 Å². The molecule has 1 heterocycles. The van der Waals surface area contributed by atoms with Gasteiger partial charge in [0.05, 0.1) is 6.61 Å². The minimum atomic E-state index is -4.91. The standard InChI is InChI=1S/C27H34N3O9P/c1-5-20(21-10-8-7-9-11-21)13-12-18(3)14-22(15-25(32)27(34)38-6-2)28-26(33)24-16-23(19(4)31)29-30(24)17-39-40(35,36)37/h5,7-13,16,22,25,32H,3,6,14-15,17H2,1-2,4H3,(H,28,33)(H2,35,36,37)/b13-12-,20-5+/t22-,25-/m1/s1. The molecular weight excluding hydrogens is 541 g/mol. The van der Waals surface area contributed by atoms with Crippen molar-refractivity contribution in [3.63, 3.8) is 0 Å². The maximum atomic E-state index is 13.2. The molecule has 1 amide bonds. The Bertz CT molecular complexity index is 1310. The van der Waals surface area contributed by atoms with Gasteiger partial charge >= 0.3 is 13.8 Å². The zero-order valence-electron chi connectivity index (χ0n) is 22.5. The van der Waals surface area contributed by atoms with Gasteiger partial charge in [0.25, 0.3) is 5.91 Å². The van der Waals surface area contributed by atoms with Crippen molar-refractivity contribution in [3.8, 4) is 0 Å². The molecule has 0 saturated heterocycles. The van der Waals surface area contributed by atoms with Crippen LogP contribution in [0.5, 0.6) is 0 Å². The molecule has 0 saturated carbocycles. The van der Waals surface area contributed by atoms with E-state index in [4.69, 9.17) is 14.5 Å². The molecule has 0 unspecified atom stereocenters. The molecule has 4 N–H and O–H groups in total. The summed E-state index contributed by atoms with van der Waals surface area (Å²) in [5.74, 6) is -2.14. The van der Waals surface area contributed by atoms with Crippen molar-refractivity contribution in [1.82, 2.24) is 15.1 Å². The minimum Gasteiger partial charge on any atom is -0.464 e. The number of Topliss-reactive ketones (excluding diaryl/α,β-unsaturated/α-hetero) is 1. The molecule has 2 rings (SSSR count). The summed E-state index contributed by atoms with van der Waals surface area (Å²) in [5, 5.41) is 16.9. The molecular formula is C27H34N3O9P. The molecule has 1 aromatic heterocycles. The van der Waals surface area contributed by atoms with Crippen molar-refractivity contribution in [3.05, 3.63) is 83.7 Å². The number of amides is 1. The number of esters is 1. The lowest BCUT2D eigenvalue weighted by molar-refractivity contribution is -0.153. The van der Waals surface area contributed by atoms with Crippen LogP contribution < -0.4 is 5.32 Å². The summed E-state index contributed by atoms with van der Waals surface area (Å²) >= 11 is 0. The van der Waals surface area contributed by atoms with Crippen molar-refractivity contribution in [1.29, 1.82) is 0 Å². The number of aliphatic hydroxyl groups is 1. The fourth-order valence-electron chi connectivity index (χ4n) is 3.64. The number of benzene rings is 1. The van der Waals surface area contributed by atoms with Gasteiger partial charge in [-0.3, -0.25) is 14.1 Å². The number of hydrogen-bond donors (Lipinski definition) is 4. The third kappa shape index (κ3) is 10.5. The van der Waals surface area contributed by atoms with E-state index in [-0.39, 0.29) is 30.8 Å². The average Bonchev–Trinajstić information content (AvgIpc) is 3.33. The summed E-state index contributed by atoms with van der Waals surface area (Å²) < 4.78 is 21.3. The topological polar surface area (TPSA) is 177 Å². The maximum Gasteiger partial charge on any atom is 0.471 e. The molecule has 0 aliphatic carbocycles. The van der Waals surface area contributed by atoms with Crippen molar-refractivity contribution in [2.24, 2.45) is 0 Å². The monoisotopic (exact) mass is 575 g/mol. The normalized spacial score (nSPS) is 13.6. The summed E-state index contributed by atoms with van der Waals surface area (Å²) in [6, 6.07) is 9.96. The van der Waals surface area contributed by atoms with Crippen LogP contribution in [-0.4, -0.2) is 61.1 Å². The molecule has 40 heavy (non-hydrogen) atoms. The Hall–Kier alpha value is -3.67. The summed E-state index contributed by atoms with van der Waals surface area (Å²) in [6.45, 7) is 7.97. The van der Waals surface area contributed by atoms with Crippen LogP contribution in [0, 0.1) is 0 Å². The van der Waals surface area contributed by atoms with Crippen LogP contribution in [0.1, 0.15) is 60.2 Å². The molecule has 12 nitrogen and oxygen atoms in total. The van der Waals surface area contributed by atoms with Gasteiger partial charge in [-0.2, -0.15) is 5.10 Å². The Morgan fingerprint density at radius 2 is 1.88 bits per heavy atom. The van der Waals surface area contributed by atoms with E-state index in [1.807, 2.05) is 49.4 Å². The van der Waals surface area contributed by atoms with E-state index in [0.717, 1.165) is 21.9 Å². The van der Waals surface area contributed by atoms with Crippen LogP contribution in [0.25, 0.3) is 5.57 Å². The number of carbonyl (C=O) groups is 3. The second-order valence-electron chi connectivity index (χ2n) is 8.70. The largest absolute Gasteiger partial charge is 0.471 e. The van der Waals surface area contributed by atoms with Crippen LogP contribution in [0.15, 0.2) is 66.8 Å². The molecule has 1 aromatic carbocycles. The highest BCUT2D eigenvalue weighted by Gasteiger charge is 2.26. The molecule has 0 bridgehead atoms. The molecule has 2 aromatic rings. The second kappa shape index (κ2) is 15.2. The van der Waals surface area contributed by atoms with Crippen LogP contribution in [0.3, 0.4) is 0 Å². The van der Waals surface area contributed by atoms with E-state index in [1.54, 1.807) is 13.0 Å². The third-order valence-corrected chi connectivity index (χ3v) is 6.00. The Morgan fingerprint density at radius 3 is 2.45 bits per heavy atom. The number of allylic oxidation sites excluding steroid dienone is 4. The predicted molar refractivity (Wildman–Crippen MR) is 147 cm³/mol. The van der Waals surface area contributed by atoms with Crippen molar-refractivity contribution in [2.75, 3.05) is 6.61 Å². The first-order valence-electron chi connectivity index (χ1n) is 12.4. The van der Waals surface area contributed by atoms with Gasteiger partial charge in [0.2, 0.25) is 0 Å². The predicted octanol–water partition coefficient (Wildman–Crippen LogP) is 3.17. The summed E-state index contributed by atoms with van der Waals surface area (Å²) in [5.41, 5.74) is 2.13. The molecule has 0 aliphatic heterocycles. The number of nitrogens with one attached hydrogen (secondary N) is 1. The second-order valence-corrected chi connectivity index (χ2v) is 9.94. The van der Waals surface area contributed by atoms with Gasteiger partial charge in [0.1, 0.15) is 11.4 Å². The number of hydrogen-bond acceptors (Lipinski definition) is 8. The van der Waals surface area contributed by atoms with E-state index in [2.05, 4.69) is 21.5 Å². The van der Waals surface area contributed by atoms with Gasteiger partial charge in [0.15, 0.2) is 18.6 Å². The first kappa shape index (κ1) is 32.5. The lowest BCUT2D eigenvalue weighted by atomic mass is 9.99. The molecule has 2 atom stereocenters. The van der Waals surface area contributed by atoms with Gasteiger partial charge in [-0.1, -0.05) is 60.7 Å². The lowest BCUT2D eigenvalue weighted by Crippen LogP contribution is -2.40. The summed E-state index contributed by atoms with van der Waals surface area (Å²) in [7, 11) is -4.91. The van der Waals surface area contributed by atoms with E-state index >= 15 is 0 Å². The van der Waals surface area contributed by atoms with Crippen molar-refractivity contribution < 1.29 is 43.1 Å². The van der Waals surface area contributed by atoms with E-state index in [0.29, 0.717) is 5.57 Å². The quantitative estimate of drug-likeness (QED) is 0.107. The van der Waals surface area contributed by atoms with Gasteiger partial charge in [-0.15, -0.1) is 0 Å². The Labute approximate surface area is 232 Å². The smallest absolute Gasteiger partial charge is 0.464 e. The van der Waals surface area contributed by atoms with Crippen LogP contribution >= 0.6 is 7.82 Å². The third-order valence-electron chi connectivity index (χ3n) is 5.55. The van der Waals surface area contributed by atoms with Crippen LogP contribution in [-0.2, 0) is 25.4 Å². The first-order valence-corrected chi connectivity index (χ1v) is 13.9. The molecule has 13 heteroatoms. The number of nitrogens with zero attached hydrogens (tertiary/aromatic N) is 2. The zero-order chi connectivity index (χ0) is 29.9. The van der Waals surface area contributed by atoms with E-state index in [1.165, 1.54) is 6.92 Å². The van der Waals surface area contributed by atoms with Crippen LogP contribution in [0.2, 0.25) is 0 Å². The maximum absolute atomic E-state index is 13.2. The fraction of sp³-hybridized carbons (Fsp3) is 0.333. The number of ketones is 1. The Kier molecular flexibility index (Phi) is 12.4.